The first-order valence-corrected chi connectivity index (χ1v) is 13.3. The number of aliphatic hydroxyl groups is 1. The van der Waals surface area contributed by atoms with Crippen LogP contribution < -0.4 is 38.9 Å². The summed E-state index contributed by atoms with van der Waals surface area (Å²) in [5, 5.41) is 12.6. The predicted octanol–water partition coefficient (Wildman–Crippen LogP) is 6.20. The standard InChI is InChI=1S/C27H29F2N7O2.CH4O.ClH.3H3N.4H2/c28-21-11-10-20(16-22(21)29)30-24(38)17-23(37)18-6-8-19(9-7-18)31-25-32-26(35-12-2-1-3-13-35)34-27(33-25)36-14-4-5-15-36;1-2;;;;;;;;/h6-11,16H,1-5,12-15,17H2,(H,30,38)(H,31,32,33,34);2H,1H3;1H;3*1H3;4*1H. The van der Waals surface area contributed by atoms with Crippen molar-refractivity contribution in [3.8, 4) is 0 Å². The lowest BCUT2D eigenvalue weighted by Crippen LogP contribution is -2.32. The van der Waals surface area contributed by atoms with Gasteiger partial charge in [0.2, 0.25) is 23.8 Å². The van der Waals surface area contributed by atoms with Gasteiger partial charge >= 0.3 is 0 Å². The fourth-order valence-corrected chi connectivity index (χ4v) is 4.60. The Labute approximate surface area is 268 Å². The molecule has 44 heavy (non-hydrogen) atoms. The molecule has 13 nitrogen and oxygen atoms in total. The van der Waals surface area contributed by atoms with Crippen LogP contribution >= 0.6 is 12.4 Å². The zero-order chi connectivity index (χ0) is 28.5. The molecule has 3 heterocycles. The average molecular weight is 649 g/mol. The van der Waals surface area contributed by atoms with Crippen LogP contribution in [-0.4, -0.2) is 65.0 Å². The third-order valence-electron chi connectivity index (χ3n) is 6.63. The average Bonchev–Trinajstić information content (AvgIpc) is 3.52. The number of anilines is 5. The number of amides is 1. The van der Waals surface area contributed by atoms with Gasteiger partial charge in [0.05, 0.1) is 6.42 Å². The molecule has 5 rings (SSSR count). The Morgan fingerprint density at radius 3 is 1.80 bits per heavy atom. The van der Waals surface area contributed by atoms with Crippen molar-refractivity contribution >= 4 is 53.3 Å². The van der Waals surface area contributed by atoms with Gasteiger partial charge in [-0.1, -0.05) is 0 Å². The molecule has 0 bridgehead atoms. The molecule has 2 aromatic carbocycles. The minimum absolute atomic E-state index is 0. The minimum Gasteiger partial charge on any atom is -0.400 e. The van der Waals surface area contributed by atoms with Gasteiger partial charge in [0.15, 0.2) is 17.4 Å². The topological polar surface area (TPSA) is 229 Å². The Hall–Kier alpha value is -4.02. The highest BCUT2D eigenvalue weighted by atomic mass is 35.5. The molecule has 0 saturated carbocycles. The van der Waals surface area contributed by atoms with Gasteiger partial charge in [-0.15, -0.1) is 12.4 Å². The maximum atomic E-state index is 13.4. The molecule has 2 aliphatic rings. The van der Waals surface area contributed by atoms with Crippen LogP contribution in [0.3, 0.4) is 0 Å². The van der Waals surface area contributed by atoms with Crippen molar-refractivity contribution in [1.82, 2.24) is 33.4 Å². The number of hydrogen-bond donors (Lipinski definition) is 6. The second-order valence-electron chi connectivity index (χ2n) is 9.48. The van der Waals surface area contributed by atoms with E-state index in [1.807, 2.05) is 0 Å². The van der Waals surface area contributed by atoms with Gasteiger partial charge < -0.3 is 44.0 Å². The van der Waals surface area contributed by atoms with Crippen LogP contribution in [0, 0.1) is 11.6 Å². The molecule has 0 atom stereocenters. The highest BCUT2D eigenvalue weighted by Crippen LogP contribution is 2.24. The normalized spacial score (nSPS) is 13.5. The number of rotatable bonds is 8. The van der Waals surface area contributed by atoms with E-state index in [2.05, 4.69) is 30.4 Å². The summed E-state index contributed by atoms with van der Waals surface area (Å²) in [5.74, 6) is -1.34. The van der Waals surface area contributed by atoms with Crippen LogP contribution in [0.25, 0.3) is 0 Å². The van der Waals surface area contributed by atoms with E-state index in [0.717, 1.165) is 71.1 Å². The van der Waals surface area contributed by atoms with E-state index in [1.165, 1.54) is 12.5 Å². The number of aromatic nitrogens is 3. The number of ketones is 1. The second kappa shape index (κ2) is 19.3. The zero-order valence-corrected chi connectivity index (χ0v) is 25.7. The molecule has 252 valence electrons. The number of benzene rings is 2. The lowest BCUT2D eigenvalue weighted by atomic mass is 10.1. The van der Waals surface area contributed by atoms with Crippen molar-refractivity contribution in [1.29, 1.82) is 0 Å². The SMILES string of the molecule is CO.Cl.N.N.N.O=C(CC(=O)c1ccc(Nc2nc(N3CCCCC3)nc(N3CCCC3)n2)cc1)Nc1ccc(F)c(F)c1.[HH].[HH].[HH].[HH]. The molecule has 3 aromatic rings. The number of Topliss-reactive ketones (excluding diaryl/α,β-unsaturated/α-hetero) is 1. The molecule has 12 N–H and O–H groups in total. The fraction of sp³-hybridized carbons (Fsp3) is 0.393. The third kappa shape index (κ3) is 10.6. The summed E-state index contributed by atoms with van der Waals surface area (Å²) < 4.78 is 26.4. The molecule has 0 spiro atoms. The largest absolute Gasteiger partial charge is 0.400 e. The maximum absolute atomic E-state index is 13.4. The zero-order valence-electron chi connectivity index (χ0n) is 24.9. The molecule has 0 aliphatic carbocycles. The molecule has 1 amide bonds. The number of hydrogen-bond acceptors (Lipinski definition) is 12. The summed E-state index contributed by atoms with van der Waals surface area (Å²) in [5.41, 5.74) is 1.12. The number of aliphatic hydroxyl groups excluding tert-OH is 1. The maximum Gasteiger partial charge on any atom is 0.233 e. The van der Waals surface area contributed by atoms with Crippen molar-refractivity contribution in [3.63, 3.8) is 0 Å². The number of carbonyl (C=O) groups excluding carboxylic acids is 2. The summed E-state index contributed by atoms with van der Waals surface area (Å²) >= 11 is 0. The van der Waals surface area contributed by atoms with Gasteiger partial charge in [0.25, 0.3) is 0 Å². The first-order chi connectivity index (χ1) is 19.4. The Balaban J connectivity index is -0.000000605. The van der Waals surface area contributed by atoms with Gasteiger partial charge in [-0.3, -0.25) is 9.59 Å². The molecular weight excluding hydrogens is 598 g/mol. The Morgan fingerprint density at radius 1 is 0.773 bits per heavy atom. The first-order valence-electron chi connectivity index (χ1n) is 13.3. The van der Waals surface area contributed by atoms with E-state index in [1.54, 1.807) is 24.3 Å². The molecule has 1 aromatic heterocycles. The molecule has 16 heteroatoms. The van der Waals surface area contributed by atoms with Gasteiger partial charge in [-0.05, 0) is 68.5 Å². The Kier molecular flexibility index (Phi) is 17.5. The molecule has 2 saturated heterocycles. The smallest absolute Gasteiger partial charge is 0.233 e. The van der Waals surface area contributed by atoms with Gasteiger partial charge in [0.1, 0.15) is 0 Å². The van der Waals surface area contributed by atoms with Crippen molar-refractivity contribution in [2.24, 2.45) is 0 Å². The number of piperidine rings is 1. The lowest BCUT2D eigenvalue weighted by Gasteiger charge is -2.27. The fourth-order valence-electron chi connectivity index (χ4n) is 4.60. The summed E-state index contributed by atoms with van der Waals surface area (Å²) in [6.45, 7) is 3.68. The first kappa shape index (κ1) is 40.0. The van der Waals surface area contributed by atoms with Gasteiger partial charge in [0, 0.05) is 62.0 Å². The quantitative estimate of drug-likeness (QED) is 0.118. The molecule has 2 aliphatic heterocycles. The monoisotopic (exact) mass is 648 g/mol. The molecular formula is C28H51ClF2N10O3. The van der Waals surface area contributed by atoms with Crippen molar-refractivity contribution in [3.05, 3.63) is 59.7 Å². The van der Waals surface area contributed by atoms with Crippen LogP contribution in [0.5, 0.6) is 0 Å². The van der Waals surface area contributed by atoms with Crippen LogP contribution in [0.4, 0.5) is 38.0 Å². The van der Waals surface area contributed by atoms with Gasteiger partial charge in [-0.2, -0.15) is 15.0 Å². The van der Waals surface area contributed by atoms with Crippen molar-refractivity contribution in [2.45, 2.75) is 38.5 Å². The highest BCUT2D eigenvalue weighted by molar-refractivity contribution is 6.11. The van der Waals surface area contributed by atoms with E-state index < -0.39 is 29.7 Å². The highest BCUT2D eigenvalue weighted by Gasteiger charge is 2.21. The van der Waals surface area contributed by atoms with Crippen LogP contribution in [0.15, 0.2) is 42.5 Å². The van der Waals surface area contributed by atoms with Crippen LogP contribution in [-0.2, 0) is 4.79 Å². The number of carbonyl (C=O) groups is 2. The van der Waals surface area contributed by atoms with Gasteiger partial charge in [-0.25, -0.2) is 8.78 Å². The van der Waals surface area contributed by atoms with Crippen LogP contribution in [0.1, 0.15) is 54.6 Å². The molecule has 2 fully saturated rings. The lowest BCUT2D eigenvalue weighted by molar-refractivity contribution is -0.115. The summed E-state index contributed by atoms with van der Waals surface area (Å²) in [6.07, 6.45) is 5.23. The third-order valence-corrected chi connectivity index (χ3v) is 6.63. The van der Waals surface area contributed by atoms with E-state index in [-0.39, 0.29) is 42.3 Å². The van der Waals surface area contributed by atoms with E-state index in [4.69, 9.17) is 10.1 Å². The van der Waals surface area contributed by atoms with E-state index in [9.17, 15) is 18.4 Å². The molecule has 0 radical (unpaired) electrons. The predicted molar refractivity (Wildman–Crippen MR) is 180 cm³/mol. The Bertz CT molecular complexity index is 1350. The van der Waals surface area contributed by atoms with Crippen molar-refractivity contribution in [2.75, 3.05) is 53.7 Å². The van der Waals surface area contributed by atoms with E-state index >= 15 is 0 Å². The minimum atomic E-state index is -1.08. The summed E-state index contributed by atoms with van der Waals surface area (Å²) in [4.78, 5) is 43.2. The van der Waals surface area contributed by atoms with Crippen molar-refractivity contribution < 1.29 is 29.2 Å². The van der Waals surface area contributed by atoms with E-state index in [0.29, 0.717) is 29.1 Å². The number of nitrogens with one attached hydrogen (secondary N) is 2. The van der Waals surface area contributed by atoms with Crippen LogP contribution in [0.2, 0.25) is 0 Å². The second-order valence-corrected chi connectivity index (χ2v) is 9.48. The number of halogens is 3. The molecule has 0 unspecified atom stereocenters. The summed E-state index contributed by atoms with van der Waals surface area (Å²) in [6, 6.07) is 9.68. The Morgan fingerprint density at radius 2 is 1.27 bits per heavy atom. The number of nitrogens with zero attached hydrogens (tertiary/aromatic N) is 5. The summed E-state index contributed by atoms with van der Waals surface area (Å²) in [7, 11) is 1.00.